The minimum absolute atomic E-state index is 0.153. The molecule has 0 spiro atoms. The van der Waals surface area contributed by atoms with E-state index in [1.807, 2.05) is 17.4 Å². The van der Waals surface area contributed by atoms with Gasteiger partial charge < -0.3 is 0 Å². The molecule has 12 rings (SSSR count). The van der Waals surface area contributed by atoms with E-state index in [0.29, 0.717) is 17.5 Å². The van der Waals surface area contributed by atoms with E-state index in [9.17, 15) is 0 Å². The van der Waals surface area contributed by atoms with E-state index < -0.39 is 0 Å². The molecule has 0 atom stereocenters. The Balaban J connectivity index is 1.24. The Morgan fingerprint density at radius 1 is 0.393 bits per heavy atom. The summed E-state index contributed by atoms with van der Waals surface area (Å²) in [7, 11) is 0. The van der Waals surface area contributed by atoms with Gasteiger partial charge in [-0.2, -0.15) is 0 Å². The fraction of sp³-hybridized carbons (Fsp3) is 0.0577. The molecule has 9 aromatic carbocycles. The van der Waals surface area contributed by atoms with Crippen molar-refractivity contribution in [3.63, 3.8) is 0 Å². The predicted octanol–water partition coefficient (Wildman–Crippen LogP) is 14.2. The number of fused-ring (bicyclic) bond motifs is 13. The van der Waals surface area contributed by atoms with Gasteiger partial charge in [0.15, 0.2) is 17.5 Å². The molecule has 3 nitrogen and oxygen atoms in total. The predicted molar refractivity (Wildman–Crippen MR) is 237 cm³/mol. The zero-order valence-electron chi connectivity index (χ0n) is 30.8. The molecule has 0 amide bonds. The van der Waals surface area contributed by atoms with Crippen LogP contribution in [0.1, 0.15) is 25.0 Å². The van der Waals surface area contributed by atoms with Gasteiger partial charge in [0.2, 0.25) is 0 Å². The van der Waals surface area contributed by atoms with Gasteiger partial charge in [-0.1, -0.05) is 153 Å². The Hall–Kier alpha value is -6.75. The van der Waals surface area contributed by atoms with E-state index >= 15 is 0 Å². The third-order valence-corrected chi connectivity index (χ3v) is 13.2. The van der Waals surface area contributed by atoms with E-state index in [1.165, 1.54) is 85.5 Å². The third-order valence-electron chi connectivity index (χ3n) is 12.1. The van der Waals surface area contributed by atoms with E-state index in [-0.39, 0.29) is 5.41 Å². The van der Waals surface area contributed by atoms with Crippen LogP contribution in [0.4, 0.5) is 0 Å². The molecular weight excluding hydrogens is 699 g/mol. The molecule has 4 heteroatoms. The lowest BCUT2D eigenvalue weighted by atomic mass is 9.82. The second-order valence-corrected chi connectivity index (χ2v) is 16.6. The fourth-order valence-electron chi connectivity index (χ4n) is 9.41. The molecule has 0 N–H and O–H groups in total. The van der Waals surface area contributed by atoms with Crippen LogP contribution in [0.3, 0.4) is 0 Å². The third kappa shape index (κ3) is 4.48. The Bertz CT molecular complexity index is 3450. The molecule has 0 saturated carbocycles. The normalized spacial score (nSPS) is 13.3. The summed E-state index contributed by atoms with van der Waals surface area (Å²) < 4.78 is 2.47. The topological polar surface area (TPSA) is 38.7 Å². The number of nitrogens with zero attached hydrogens (tertiary/aromatic N) is 3. The summed E-state index contributed by atoms with van der Waals surface area (Å²) in [6.07, 6.45) is 0. The highest BCUT2D eigenvalue weighted by Crippen LogP contribution is 2.51. The van der Waals surface area contributed by atoms with Crippen molar-refractivity contribution in [3.05, 3.63) is 175 Å². The van der Waals surface area contributed by atoms with Crippen LogP contribution in [0.25, 0.3) is 109 Å². The van der Waals surface area contributed by atoms with Gasteiger partial charge in [0.1, 0.15) is 0 Å². The highest BCUT2D eigenvalue weighted by molar-refractivity contribution is 7.26. The molecule has 0 unspecified atom stereocenters. The van der Waals surface area contributed by atoms with Crippen molar-refractivity contribution in [2.24, 2.45) is 0 Å². The number of rotatable bonds is 3. The Labute approximate surface area is 327 Å². The van der Waals surface area contributed by atoms with Crippen molar-refractivity contribution < 1.29 is 0 Å². The number of hydrogen-bond donors (Lipinski definition) is 0. The summed E-state index contributed by atoms with van der Waals surface area (Å²) in [6, 6.07) is 59.3. The van der Waals surface area contributed by atoms with Gasteiger partial charge in [0, 0.05) is 47.7 Å². The SMILES string of the molecule is CC1(C)c2ccccc2-c2ccc(-c3nc(-c4ccccc4)nc(-c4c5c(cc6c7ccccc7c7ccccc7c46)sc4cc6ccccc6cc45)n3)cc21. The molecule has 0 saturated heterocycles. The number of benzene rings is 9. The van der Waals surface area contributed by atoms with E-state index in [0.717, 1.165) is 16.7 Å². The van der Waals surface area contributed by atoms with Crippen LogP contribution >= 0.6 is 11.3 Å². The van der Waals surface area contributed by atoms with Gasteiger partial charge in [-0.15, -0.1) is 11.3 Å². The second kappa shape index (κ2) is 11.6. The molecule has 1 aliphatic rings. The minimum Gasteiger partial charge on any atom is -0.208 e. The molecule has 0 fully saturated rings. The van der Waals surface area contributed by atoms with Crippen LogP contribution in [0.15, 0.2) is 164 Å². The summed E-state index contributed by atoms with van der Waals surface area (Å²) >= 11 is 1.85. The van der Waals surface area contributed by atoms with Gasteiger partial charge in [-0.25, -0.2) is 15.0 Å². The lowest BCUT2D eigenvalue weighted by Crippen LogP contribution is -2.15. The van der Waals surface area contributed by atoms with Crippen LogP contribution in [0, 0.1) is 0 Å². The van der Waals surface area contributed by atoms with Crippen molar-refractivity contribution >= 4 is 74.6 Å². The summed E-state index contributed by atoms with van der Waals surface area (Å²) in [4.78, 5) is 16.3. The first kappa shape index (κ1) is 31.6. The number of thiophene rings is 1. The van der Waals surface area contributed by atoms with Crippen molar-refractivity contribution in [3.8, 4) is 45.3 Å². The molecule has 2 heterocycles. The molecule has 0 aliphatic heterocycles. The van der Waals surface area contributed by atoms with Gasteiger partial charge in [-0.05, 0) is 84.2 Å². The lowest BCUT2D eigenvalue weighted by Gasteiger charge is -2.22. The van der Waals surface area contributed by atoms with Gasteiger partial charge in [0.25, 0.3) is 0 Å². The first-order valence-corrected chi connectivity index (χ1v) is 20.0. The second-order valence-electron chi connectivity index (χ2n) is 15.5. The van der Waals surface area contributed by atoms with Gasteiger partial charge >= 0.3 is 0 Å². The van der Waals surface area contributed by atoms with Gasteiger partial charge in [0.05, 0.1) is 0 Å². The highest BCUT2D eigenvalue weighted by atomic mass is 32.1. The molecule has 262 valence electrons. The Morgan fingerprint density at radius 2 is 0.982 bits per heavy atom. The Kier molecular flexibility index (Phi) is 6.56. The average molecular weight is 732 g/mol. The molecule has 0 bridgehead atoms. The smallest absolute Gasteiger partial charge is 0.165 e. The quantitative estimate of drug-likeness (QED) is 0.170. The zero-order chi connectivity index (χ0) is 37.1. The van der Waals surface area contributed by atoms with Crippen LogP contribution in [0.5, 0.6) is 0 Å². The largest absolute Gasteiger partial charge is 0.208 e. The summed E-state index contributed by atoms with van der Waals surface area (Å²) in [5.74, 6) is 2.01. The standard InChI is InChI=1S/C52H33N3S/c1-52(2)42-23-13-12-21-37(42)38-25-24-33(27-43(38)52)50-53-49(30-14-4-3-5-15-30)54-51(55-50)48-46-39-22-11-10-19-35(39)34-18-8-9-20-36(34)40(46)29-45-47(48)41-26-31-16-6-7-17-32(31)28-44(41)56-45/h3-29H,1-2H3. The van der Waals surface area contributed by atoms with Crippen LogP contribution in [0.2, 0.25) is 0 Å². The fourth-order valence-corrected chi connectivity index (χ4v) is 10.6. The molecule has 56 heavy (non-hydrogen) atoms. The maximum atomic E-state index is 5.54. The van der Waals surface area contributed by atoms with E-state index in [1.54, 1.807) is 0 Å². The molecule has 0 radical (unpaired) electrons. The number of aromatic nitrogens is 3. The maximum Gasteiger partial charge on any atom is 0.165 e. The molecule has 1 aliphatic carbocycles. The summed E-state index contributed by atoms with van der Waals surface area (Å²) in [5.41, 5.74) is 8.06. The van der Waals surface area contributed by atoms with Crippen LogP contribution in [-0.2, 0) is 5.41 Å². The van der Waals surface area contributed by atoms with E-state index in [2.05, 4.69) is 172 Å². The molecular formula is C52H33N3S. The molecule has 2 aromatic heterocycles. The highest BCUT2D eigenvalue weighted by Gasteiger charge is 2.35. The van der Waals surface area contributed by atoms with Crippen molar-refractivity contribution in [2.45, 2.75) is 19.3 Å². The minimum atomic E-state index is -0.153. The molecule has 11 aromatic rings. The first-order chi connectivity index (χ1) is 27.5. The summed E-state index contributed by atoms with van der Waals surface area (Å²) in [6.45, 7) is 4.65. The summed E-state index contributed by atoms with van der Waals surface area (Å²) in [5, 5.41) is 12.1. The lowest BCUT2D eigenvalue weighted by molar-refractivity contribution is 0.660. The monoisotopic (exact) mass is 731 g/mol. The maximum absolute atomic E-state index is 5.54. The van der Waals surface area contributed by atoms with Crippen LogP contribution in [-0.4, -0.2) is 15.0 Å². The van der Waals surface area contributed by atoms with Crippen molar-refractivity contribution in [1.29, 1.82) is 0 Å². The van der Waals surface area contributed by atoms with Crippen LogP contribution < -0.4 is 0 Å². The van der Waals surface area contributed by atoms with Crippen molar-refractivity contribution in [1.82, 2.24) is 15.0 Å². The van der Waals surface area contributed by atoms with E-state index in [4.69, 9.17) is 15.0 Å². The number of hydrogen-bond acceptors (Lipinski definition) is 4. The Morgan fingerprint density at radius 3 is 1.77 bits per heavy atom. The zero-order valence-corrected chi connectivity index (χ0v) is 31.7. The average Bonchev–Trinajstić information content (AvgIpc) is 3.72. The van der Waals surface area contributed by atoms with Crippen molar-refractivity contribution in [2.75, 3.05) is 0 Å². The van der Waals surface area contributed by atoms with Gasteiger partial charge in [-0.3, -0.25) is 0 Å². The first-order valence-electron chi connectivity index (χ1n) is 19.2.